The van der Waals surface area contributed by atoms with Gasteiger partial charge in [-0.05, 0) is 18.2 Å². The number of hydrogen-bond acceptors (Lipinski definition) is 3. The number of fused-ring (bicyclic) bond motifs is 1. The number of ketones is 1. The van der Waals surface area contributed by atoms with Crippen LogP contribution in [0.4, 0.5) is 0 Å². The third kappa shape index (κ3) is 2.29. The summed E-state index contributed by atoms with van der Waals surface area (Å²) in [6.07, 6.45) is 0. The van der Waals surface area contributed by atoms with Gasteiger partial charge in [0.2, 0.25) is 5.78 Å². The van der Waals surface area contributed by atoms with Crippen molar-refractivity contribution in [2.45, 2.75) is 0 Å². The Labute approximate surface area is 121 Å². The van der Waals surface area contributed by atoms with Gasteiger partial charge in [0.1, 0.15) is 0 Å². The van der Waals surface area contributed by atoms with Crippen LogP contribution in [0.2, 0.25) is 0 Å². The molecule has 0 atom stereocenters. The summed E-state index contributed by atoms with van der Waals surface area (Å²) in [4.78, 5) is 31.7. The molecule has 0 aliphatic rings. The van der Waals surface area contributed by atoms with E-state index in [0.717, 1.165) is 11.0 Å². The molecule has 0 fully saturated rings. The maximum absolute atomic E-state index is 12.6. The predicted octanol–water partition coefficient (Wildman–Crippen LogP) is 2.15. The first-order valence-electron chi connectivity index (χ1n) is 6.51. The highest BCUT2D eigenvalue weighted by atomic mass is 16.2. The molecule has 0 aliphatic carbocycles. The number of rotatable bonds is 3. The number of hydrogen-bond donors (Lipinski definition) is 2. The lowest BCUT2D eigenvalue weighted by molar-refractivity contribution is 0.0949. The minimum absolute atomic E-state index is 0.229. The van der Waals surface area contributed by atoms with Crippen LogP contribution in [0.25, 0.3) is 11.0 Å². The summed E-state index contributed by atoms with van der Waals surface area (Å²) in [5.41, 5.74) is 2.18. The maximum atomic E-state index is 12.6. The molecule has 0 radical (unpaired) electrons. The number of aromatic amines is 1. The normalized spacial score (nSPS) is 10.5. The molecule has 104 valence electrons. The highest BCUT2D eigenvalue weighted by Crippen LogP contribution is 2.16. The smallest absolute Gasteiger partial charge is 0.251 e. The zero-order chi connectivity index (χ0) is 14.8. The third-order valence-corrected chi connectivity index (χ3v) is 3.25. The molecule has 5 nitrogen and oxygen atoms in total. The number of nitrogens with zero attached hydrogens (tertiary/aromatic N) is 1. The van der Waals surface area contributed by atoms with Crippen molar-refractivity contribution < 1.29 is 9.59 Å². The van der Waals surface area contributed by atoms with Gasteiger partial charge in [-0.1, -0.05) is 30.3 Å². The van der Waals surface area contributed by atoms with Crippen LogP contribution < -0.4 is 5.32 Å². The van der Waals surface area contributed by atoms with Crippen LogP contribution in [0.5, 0.6) is 0 Å². The van der Waals surface area contributed by atoms with E-state index in [4.69, 9.17) is 0 Å². The molecule has 5 heteroatoms. The first kappa shape index (κ1) is 13.1. The van der Waals surface area contributed by atoms with Gasteiger partial charge in [0, 0.05) is 12.6 Å². The number of amides is 1. The summed E-state index contributed by atoms with van der Waals surface area (Å²) < 4.78 is 0. The monoisotopic (exact) mass is 279 g/mol. The Morgan fingerprint density at radius 3 is 2.38 bits per heavy atom. The number of H-pyrrole nitrogens is 1. The third-order valence-electron chi connectivity index (χ3n) is 3.25. The number of benzene rings is 2. The lowest BCUT2D eigenvalue weighted by atomic mass is 10.0. The van der Waals surface area contributed by atoms with E-state index < -0.39 is 0 Å². The quantitative estimate of drug-likeness (QED) is 0.721. The average molecular weight is 279 g/mol. The molecule has 1 heterocycles. The fourth-order valence-electron chi connectivity index (χ4n) is 2.20. The van der Waals surface area contributed by atoms with Crippen molar-refractivity contribution in [3.63, 3.8) is 0 Å². The fraction of sp³-hybridized carbons (Fsp3) is 0.0625. The summed E-state index contributed by atoms with van der Waals surface area (Å²) in [5, 5.41) is 2.53. The van der Waals surface area contributed by atoms with Gasteiger partial charge < -0.3 is 10.3 Å². The summed E-state index contributed by atoms with van der Waals surface area (Å²) in [6.45, 7) is 0. The topological polar surface area (TPSA) is 74.8 Å². The number of aromatic nitrogens is 2. The van der Waals surface area contributed by atoms with E-state index >= 15 is 0 Å². The van der Waals surface area contributed by atoms with Gasteiger partial charge in [-0.2, -0.15) is 0 Å². The van der Waals surface area contributed by atoms with Crippen molar-refractivity contribution in [1.29, 1.82) is 0 Å². The Morgan fingerprint density at radius 1 is 1.00 bits per heavy atom. The lowest BCUT2D eigenvalue weighted by Gasteiger charge is -2.05. The zero-order valence-electron chi connectivity index (χ0n) is 11.4. The average Bonchev–Trinajstić information content (AvgIpc) is 2.97. The summed E-state index contributed by atoms with van der Waals surface area (Å²) >= 11 is 0. The van der Waals surface area contributed by atoms with E-state index in [1.165, 1.54) is 7.05 Å². The predicted molar refractivity (Wildman–Crippen MR) is 79.4 cm³/mol. The summed E-state index contributed by atoms with van der Waals surface area (Å²) in [5.74, 6) is -0.368. The van der Waals surface area contributed by atoms with E-state index in [-0.39, 0.29) is 17.5 Å². The number of carbonyl (C=O) groups is 2. The van der Waals surface area contributed by atoms with Gasteiger partial charge in [-0.3, -0.25) is 9.59 Å². The molecule has 3 rings (SSSR count). The van der Waals surface area contributed by atoms with Crippen molar-refractivity contribution in [3.8, 4) is 0 Å². The first-order valence-corrected chi connectivity index (χ1v) is 6.51. The molecule has 1 amide bonds. The SMILES string of the molecule is CNC(=O)c1ccccc1C(=O)c1nc2ccccc2[nH]1. The van der Waals surface area contributed by atoms with Gasteiger partial charge >= 0.3 is 0 Å². The zero-order valence-corrected chi connectivity index (χ0v) is 11.4. The minimum atomic E-state index is -0.301. The molecule has 0 saturated heterocycles. The minimum Gasteiger partial charge on any atom is -0.355 e. The van der Waals surface area contributed by atoms with Gasteiger partial charge in [0.15, 0.2) is 5.82 Å². The van der Waals surface area contributed by atoms with E-state index in [2.05, 4.69) is 15.3 Å². The highest BCUT2D eigenvalue weighted by molar-refractivity contribution is 6.14. The highest BCUT2D eigenvalue weighted by Gasteiger charge is 2.19. The van der Waals surface area contributed by atoms with Crippen molar-refractivity contribution in [3.05, 3.63) is 65.5 Å². The Hall–Kier alpha value is -2.95. The Bertz CT molecular complexity index is 803. The first-order chi connectivity index (χ1) is 10.2. The number of imidazole rings is 1. The summed E-state index contributed by atoms with van der Waals surface area (Å²) in [6, 6.07) is 14.1. The van der Waals surface area contributed by atoms with Crippen molar-refractivity contribution in [2.75, 3.05) is 7.05 Å². The molecule has 0 unspecified atom stereocenters. The largest absolute Gasteiger partial charge is 0.355 e. The molecular formula is C16H13N3O2. The Kier molecular flexibility index (Phi) is 3.23. The van der Waals surface area contributed by atoms with E-state index in [1.54, 1.807) is 24.3 Å². The maximum Gasteiger partial charge on any atom is 0.251 e. The van der Waals surface area contributed by atoms with Crippen LogP contribution in [-0.4, -0.2) is 28.7 Å². The number of carbonyl (C=O) groups excluding carboxylic acids is 2. The van der Waals surface area contributed by atoms with Crippen LogP contribution in [0.1, 0.15) is 26.5 Å². The lowest BCUT2D eigenvalue weighted by Crippen LogP contribution is -2.21. The van der Waals surface area contributed by atoms with E-state index in [1.807, 2.05) is 24.3 Å². The molecule has 2 N–H and O–H groups in total. The fourth-order valence-corrected chi connectivity index (χ4v) is 2.20. The molecule has 0 bridgehead atoms. The van der Waals surface area contributed by atoms with Gasteiger partial charge in [-0.25, -0.2) is 4.98 Å². The van der Waals surface area contributed by atoms with Crippen molar-refractivity contribution in [1.82, 2.24) is 15.3 Å². The van der Waals surface area contributed by atoms with Crippen LogP contribution in [-0.2, 0) is 0 Å². The molecular weight excluding hydrogens is 266 g/mol. The molecule has 0 aliphatic heterocycles. The molecule has 3 aromatic rings. The van der Waals surface area contributed by atoms with Gasteiger partial charge in [-0.15, -0.1) is 0 Å². The Balaban J connectivity index is 2.08. The standard InChI is InChI=1S/C16H13N3O2/c1-17-16(21)11-7-3-2-6-10(11)14(20)15-18-12-8-4-5-9-13(12)19-15/h2-9H,1H3,(H,17,21)(H,18,19). The number of nitrogens with one attached hydrogen (secondary N) is 2. The second kappa shape index (κ2) is 5.20. The van der Waals surface area contributed by atoms with Crippen molar-refractivity contribution >= 4 is 22.7 Å². The van der Waals surface area contributed by atoms with Crippen LogP contribution in [0, 0.1) is 0 Å². The van der Waals surface area contributed by atoms with Gasteiger partial charge in [0.05, 0.1) is 16.6 Å². The van der Waals surface area contributed by atoms with Crippen LogP contribution in [0.15, 0.2) is 48.5 Å². The second-order valence-corrected chi connectivity index (χ2v) is 4.56. The summed E-state index contributed by atoms with van der Waals surface area (Å²) in [7, 11) is 1.53. The number of para-hydroxylation sites is 2. The molecule has 21 heavy (non-hydrogen) atoms. The molecule has 1 aromatic heterocycles. The van der Waals surface area contributed by atoms with Crippen LogP contribution >= 0.6 is 0 Å². The van der Waals surface area contributed by atoms with E-state index in [9.17, 15) is 9.59 Å². The second-order valence-electron chi connectivity index (χ2n) is 4.56. The van der Waals surface area contributed by atoms with Crippen LogP contribution in [0.3, 0.4) is 0 Å². The van der Waals surface area contributed by atoms with Gasteiger partial charge in [0.25, 0.3) is 5.91 Å². The molecule has 2 aromatic carbocycles. The molecule has 0 spiro atoms. The van der Waals surface area contributed by atoms with Crippen molar-refractivity contribution in [2.24, 2.45) is 0 Å². The Morgan fingerprint density at radius 2 is 1.67 bits per heavy atom. The molecule has 0 saturated carbocycles. The van der Waals surface area contributed by atoms with E-state index in [0.29, 0.717) is 11.1 Å².